The number of benzene rings is 1. The van der Waals surface area contributed by atoms with E-state index in [2.05, 4.69) is 0 Å². The van der Waals surface area contributed by atoms with E-state index in [0.29, 0.717) is 13.0 Å². The van der Waals surface area contributed by atoms with Crippen LogP contribution in [0, 0.1) is 0 Å². The number of ether oxygens (including phenoxy) is 1. The van der Waals surface area contributed by atoms with E-state index in [0.717, 1.165) is 18.4 Å². The summed E-state index contributed by atoms with van der Waals surface area (Å²) in [5, 5.41) is 11.3. The Bertz CT molecular complexity index is 488. The smallest absolute Gasteiger partial charge is 0.410 e. The van der Waals surface area contributed by atoms with Crippen LogP contribution in [0.3, 0.4) is 0 Å². The Morgan fingerprint density at radius 3 is 2.65 bits per heavy atom. The lowest BCUT2D eigenvalue weighted by atomic mass is 9.89. The molecule has 108 valence electrons. The Hall–Kier alpha value is -2.04. The normalized spacial score (nSPS) is 22.4. The number of piperidine rings is 1. The van der Waals surface area contributed by atoms with Crippen LogP contribution in [-0.4, -0.2) is 29.0 Å². The monoisotopic (exact) mass is 276 g/mol. The van der Waals surface area contributed by atoms with Crippen molar-refractivity contribution in [3.05, 3.63) is 35.9 Å². The molecule has 5 nitrogen and oxygen atoms in total. The molecular formula is C15H18NO4-. The first-order chi connectivity index (χ1) is 9.54. The van der Waals surface area contributed by atoms with Gasteiger partial charge in [0.05, 0.1) is 11.5 Å². The molecule has 0 spiro atoms. The van der Waals surface area contributed by atoms with Crippen LogP contribution in [0.25, 0.3) is 0 Å². The van der Waals surface area contributed by atoms with Crippen LogP contribution in [0.2, 0.25) is 0 Å². The lowest BCUT2D eigenvalue weighted by Crippen LogP contribution is -2.62. The third-order valence-electron chi connectivity index (χ3n) is 3.76. The fraction of sp³-hybridized carbons (Fsp3) is 0.467. The molecule has 1 saturated heterocycles. The van der Waals surface area contributed by atoms with Crippen LogP contribution in [-0.2, 0) is 16.1 Å². The van der Waals surface area contributed by atoms with Crippen molar-refractivity contribution in [2.75, 3.05) is 6.54 Å². The Balaban J connectivity index is 2.02. The number of likely N-dealkylation sites (tertiary alicyclic amines) is 1. The van der Waals surface area contributed by atoms with Gasteiger partial charge in [-0.2, -0.15) is 0 Å². The maximum absolute atomic E-state index is 12.1. The number of rotatable bonds is 3. The highest BCUT2D eigenvalue weighted by atomic mass is 16.6. The summed E-state index contributed by atoms with van der Waals surface area (Å²) in [4.78, 5) is 24.7. The van der Waals surface area contributed by atoms with Crippen LogP contribution in [0.4, 0.5) is 4.79 Å². The van der Waals surface area contributed by atoms with Crippen LogP contribution < -0.4 is 5.11 Å². The van der Waals surface area contributed by atoms with Crippen molar-refractivity contribution in [1.82, 2.24) is 4.90 Å². The molecule has 1 aliphatic heterocycles. The quantitative estimate of drug-likeness (QED) is 0.834. The van der Waals surface area contributed by atoms with Gasteiger partial charge in [0.25, 0.3) is 0 Å². The Labute approximate surface area is 118 Å². The topological polar surface area (TPSA) is 69.7 Å². The number of carbonyl (C=O) groups is 2. The summed E-state index contributed by atoms with van der Waals surface area (Å²) < 4.78 is 5.21. The number of hydrogen-bond acceptors (Lipinski definition) is 4. The minimum Gasteiger partial charge on any atom is -0.548 e. The zero-order valence-electron chi connectivity index (χ0n) is 11.5. The first kappa shape index (κ1) is 14.4. The van der Waals surface area contributed by atoms with E-state index in [1.807, 2.05) is 30.3 Å². The molecular weight excluding hydrogens is 258 g/mol. The molecule has 1 aromatic rings. The van der Waals surface area contributed by atoms with Gasteiger partial charge in [0.1, 0.15) is 6.61 Å². The number of hydrogen-bond donors (Lipinski definition) is 0. The third kappa shape index (κ3) is 2.92. The largest absolute Gasteiger partial charge is 0.548 e. The van der Waals surface area contributed by atoms with Crippen molar-refractivity contribution >= 4 is 12.1 Å². The molecule has 1 aliphatic rings. The maximum Gasteiger partial charge on any atom is 0.410 e. The molecule has 1 aromatic carbocycles. The Morgan fingerprint density at radius 2 is 2.00 bits per heavy atom. The molecule has 0 unspecified atom stereocenters. The van der Waals surface area contributed by atoms with Gasteiger partial charge in [-0.05, 0) is 31.7 Å². The molecule has 0 aliphatic carbocycles. The van der Waals surface area contributed by atoms with E-state index in [1.54, 1.807) is 0 Å². The Morgan fingerprint density at radius 1 is 1.30 bits per heavy atom. The second kappa shape index (κ2) is 5.94. The molecule has 5 heteroatoms. The van der Waals surface area contributed by atoms with Crippen molar-refractivity contribution in [1.29, 1.82) is 0 Å². The van der Waals surface area contributed by atoms with Gasteiger partial charge in [-0.3, -0.25) is 4.90 Å². The van der Waals surface area contributed by atoms with E-state index < -0.39 is 17.6 Å². The molecule has 1 amide bonds. The number of amides is 1. The van der Waals surface area contributed by atoms with Gasteiger partial charge < -0.3 is 14.6 Å². The zero-order valence-corrected chi connectivity index (χ0v) is 11.5. The second-order valence-corrected chi connectivity index (χ2v) is 5.21. The molecule has 0 N–H and O–H groups in total. The minimum atomic E-state index is -1.27. The van der Waals surface area contributed by atoms with E-state index in [-0.39, 0.29) is 6.61 Å². The van der Waals surface area contributed by atoms with Crippen molar-refractivity contribution in [3.63, 3.8) is 0 Å². The number of carboxylic acids is 1. The van der Waals surface area contributed by atoms with Gasteiger partial charge >= 0.3 is 6.09 Å². The number of carboxylic acid groups (broad SMARTS) is 1. The SMILES string of the molecule is C[C@]1(C(=O)[O-])CCCCN1C(=O)OCc1ccccc1. The van der Waals surface area contributed by atoms with Crippen LogP contribution in [0.5, 0.6) is 0 Å². The third-order valence-corrected chi connectivity index (χ3v) is 3.76. The van der Waals surface area contributed by atoms with Gasteiger partial charge in [0.15, 0.2) is 0 Å². The molecule has 0 aromatic heterocycles. The van der Waals surface area contributed by atoms with Crippen molar-refractivity contribution < 1.29 is 19.4 Å². The predicted molar refractivity (Wildman–Crippen MR) is 70.6 cm³/mol. The average Bonchev–Trinajstić information content (AvgIpc) is 2.46. The zero-order chi connectivity index (χ0) is 14.6. The van der Waals surface area contributed by atoms with E-state index in [9.17, 15) is 14.7 Å². The fourth-order valence-corrected chi connectivity index (χ4v) is 2.42. The standard InChI is InChI=1S/C15H19NO4/c1-15(13(17)18)9-5-6-10-16(15)14(19)20-11-12-7-3-2-4-8-12/h2-4,7-8H,5-6,9-11H2,1H3,(H,17,18)/p-1/t15-/m1/s1. The average molecular weight is 276 g/mol. The van der Waals surface area contributed by atoms with E-state index >= 15 is 0 Å². The van der Waals surface area contributed by atoms with Gasteiger partial charge in [-0.15, -0.1) is 0 Å². The summed E-state index contributed by atoms with van der Waals surface area (Å²) in [6.07, 6.45) is 1.35. The van der Waals surface area contributed by atoms with Crippen LogP contribution in [0.1, 0.15) is 31.7 Å². The second-order valence-electron chi connectivity index (χ2n) is 5.21. The molecule has 1 atom stereocenters. The molecule has 0 radical (unpaired) electrons. The highest BCUT2D eigenvalue weighted by Crippen LogP contribution is 2.28. The molecule has 1 heterocycles. The summed E-state index contributed by atoms with van der Waals surface area (Å²) in [5.41, 5.74) is -0.403. The summed E-state index contributed by atoms with van der Waals surface area (Å²) in [7, 11) is 0. The summed E-state index contributed by atoms with van der Waals surface area (Å²) in [5.74, 6) is -1.23. The first-order valence-corrected chi connectivity index (χ1v) is 6.74. The highest BCUT2D eigenvalue weighted by Gasteiger charge is 2.39. The maximum atomic E-state index is 12.1. The lowest BCUT2D eigenvalue weighted by molar-refractivity contribution is -0.319. The molecule has 1 fully saturated rings. The van der Waals surface area contributed by atoms with Gasteiger partial charge in [0.2, 0.25) is 0 Å². The number of aliphatic carboxylic acids is 1. The summed E-state index contributed by atoms with van der Waals surface area (Å²) in [6.45, 7) is 2.04. The number of carbonyl (C=O) groups excluding carboxylic acids is 2. The van der Waals surface area contributed by atoms with Crippen LogP contribution in [0.15, 0.2) is 30.3 Å². The first-order valence-electron chi connectivity index (χ1n) is 6.74. The highest BCUT2D eigenvalue weighted by molar-refractivity contribution is 5.82. The fourth-order valence-electron chi connectivity index (χ4n) is 2.42. The van der Waals surface area contributed by atoms with E-state index in [4.69, 9.17) is 4.74 Å². The van der Waals surface area contributed by atoms with Gasteiger partial charge in [-0.1, -0.05) is 30.3 Å². The van der Waals surface area contributed by atoms with Gasteiger partial charge in [0, 0.05) is 6.54 Å². The van der Waals surface area contributed by atoms with Crippen LogP contribution >= 0.6 is 0 Å². The number of nitrogens with zero attached hydrogens (tertiary/aromatic N) is 1. The summed E-state index contributed by atoms with van der Waals surface area (Å²) in [6, 6.07) is 9.29. The lowest BCUT2D eigenvalue weighted by Gasteiger charge is -2.44. The molecule has 20 heavy (non-hydrogen) atoms. The minimum absolute atomic E-state index is 0.138. The molecule has 0 bridgehead atoms. The van der Waals surface area contributed by atoms with Crippen molar-refractivity contribution in [2.24, 2.45) is 0 Å². The Kier molecular flexibility index (Phi) is 4.27. The van der Waals surface area contributed by atoms with Crippen molar-refractivity contribution in [3.8, 4) is 0 Å². The van der Waals surface area contributed by atoms with Crippen molar-refractivity contribution in [2.45, 2.75) is 38.3 Å². The predicted octanol–water partition coefficient (Wildman–Crippen LogP) is 1.32. The van der Waals surface area contributed by atoms with Gasteiger partial charge in [-0.25, -0.2) is 4.79 Å². The molecule has 0 saturated carbocycles. The molecule has 2 rings (SSSR count). The summed E-state index contributed by atoms with van der Waals surface area (Å²) >= 11 is 0. The van der Waals surface area contributed by atoms with E-state index in [1.165, 1.54) is 11.8 Å².